The molecular formula is C13H12F3N3O. The van der Waals surface area contributed by atoms with Crippen molar-refractivity contribution in [3.8, 4) is 6.07 Å². The molecule has 0 aliphatic carbocycles. The Labute approximate surface area is 113 Å². The number of halogens is 3. The van der Waals surface area contributed by atoms with Crippen LogP contribution in [0.5, 0.6) is 0 Å². The van der Waals surface area contributed by atoms with Crippen molar-refractivity contribution in [2.24, 2.45) is 0 Å². The van der Waals surface area contributed by atoms with Gasteiger partial charge in [0.25, 0.3) is 0 Å². The fraction of sp³-hybridized carbons (Fsp3) is 0.385. The third-order valence-electron chi connectivity index (χ3n) is 3.15. The number of nitrogens with one attached hydrogen (secondary N) is 1. The fourth-order valence-electron chi connectivity index (χ4n) is 2.31. The predicted octanol–water partition coefficient (Wildman–Crippen LogP) is 1.70. The smallest absolute Gasteiger partial charge is 0.353 e. The van der Waals surface area contributed by atoms with Crippen LogP contribution in [0.2, 0.25) is 0 Å². The highest BCUT2D eigenvalue weighted by Gasteiger charge is 2.39. The van der Waals surface area contributed by atoms with E-state index < -0.39 is 23.7 Å². The van der Waals surface area contributed by atoms with Crippen LogP contribution in [0.4, 0.5) is 13.2 Å². The molecule has 1 atom stereocenters. The number of hydrogen-bond acceptors (Lipinski definition) is 3. The third-order valence-corrected chi connectivity index (χ3v) is 3.15. The summed E-state index contributed by atoms with van der Waals surface area (Å²) in [6.07, 6.45) is -4.54. The molecule has 7 heteroatoms. The van der Waals surface area contributed by atoms with E-state index in [0.717, 1.165) is 6.07 Å². The Balaban J connectivity index is 2.47. The summed E-state index contributed by atoms with van der Waals surface area (Å²) in [6.45, 7) is 0.575. The van der Waals surface area contributed by atoms with Gasteiger partial charge in [-0.15, -0.1) is 0 Å². The number of alkyl halides is 3. The van der Waals surface area contributed by atoms with Gasteiger partial charge in [0.1, 0.15) is 6.04 Å². The summed E-state index contributed by atoms with van der Waals surface area (Å²) in [5.74, 6) is -0.511. The van der Waals surface area contributed by atoms with Crippen molar-refractivity contribution in [2.75, 3.05) is 19.6 Å². The molecule has 1 saturated heterocycles. The lowest BCUT2D eigenvalue weighted by molar-refractivity contribution is -0.140. The number of carbonyl (C=O) groups excluding carboxylic acids is 1. The first-order chi connectivity index (χ1) is 9.45. The molecule has 1 unspecified atom stereocenters. The maximum atomic E-state index is 13.0. The molecule has 0 aromatic heterocycles. The SMILES string of the molecule is N#CCN1CCNC(=O)C1c1ccccc1C(F)(F)F. The van der Waals surface area contributed by atoms with Gasteiger partial charge in [0.15, 0.2) is 0 Å². The van der Waals surface area contributed by atoms with E-state index in [1.165, 1.54) is 23.1 Å². The molecule has 1 fully saturated rings. The molecule has 0 radical (unpaired) electrons. The molecule has 1 heterocycles. The second-order valence-corrected chi connectivity index (χ2v) is 4.41. The van der Waals surface area contributed by atoms with Gasteiger partial charge in [-0.25, -0.2) is 0 Å². The number of piperazine rings is 1. The first-order valence-corrected chi connectivity index (χ1v) is 6.00. The zero-order valence-corrected chi connectivity index (χ0v) is 10.4. The van der Waals surface area contributed by atoms with Gasteiger partial charge in [-0.1, -0.05) is 18.2 Å². The zero-order chi connectivity index (χ0) is 14.8. The number of carbonyl (C=O) groups is 1. The summed E-state index contributed by atoms with van der Waals surface area (Å²) >= 11 is 0. The van der Waals surface area contributed by atoms with E-state index in [-0.39, 0.29) is 12.1 Å². The molecule has 0 bridgehead atoms. The van der Waals surface area contributed by atoms with E-state index in [1.807, 2.05) is 6.07 Å². The summed E-state index contributed by atoms with van der Waals surface area (Å²) in [6, 6.07) is 5.76. The quantitative estimate of drug-likeness (QED) is 0.841. The molecule has 1 aromatic rings. The van der Waals surface area contributed by atoms with E-state index in [1.54, 1.807) is 0 Å². The first-order valence-electron chi connectivity index (χ1n) is 6.00. The van der Waals surface area contributed by atoms with E-state index >= 15 is 0 Å². The van der Waals surface area contributed by atoms with Crippen LogP contribution in [-0.4, -0.2) is 30.4 Å². The minimum absolute atomic E-state index is 0.0930. The Bertz CT molecular complexity index is 551. The lowest BCUT2D eigenvalue weighted by Crippen LogP contribution is -2.50. The van der Waals surface area contributed by atoms with Crippen LogP contribution in [0.25, 0.3) is 0 Å². The third kappa shape index (κ3) is 2.75. The highest BCUT2D eigenvalue weighted by atomic mass is 19.4. The Morgan fingerprint density at radius 3 is 2.75 bits per heavy atom. The van der Waals surface area contributed by atoms with Crippen molar-refractivity contribution in [2.45, 2.75) is 12.2 Å². The van der Waals surface area contributed by atoms with Crippen LogP contribution in [0.1, 0.15) is 17.2 Å². The monoisotopic (exact) mass is 283 g/mol. The minimum Gasteiger partial charge on any atom is -0.353 e. The van der Waals surface area contributed by atoms with Gasteiger partial charge < -0.3 is 5.32 Å². The molecule has 1 aromatic carbocycles. The van der Waals surface area contributed by atoms with E-state index in [2.05, 4.69) is 5.32 Å². The Kier molecular flexibility index (Phi) is 3.95. The summed E-state index contributed by atoms with van der Waals surface area (Å²) < 4.78 is 39.1. The molecule has 2 rings (SSSR count). The normalized spacial score (nSPS) is 20.3. The van der Waals surface area contributed by atoms with Crippen molar-refractivity contribution < 1.29 is 18.0 Å². The van der Waals surface area contributed by atoms with Crippen molar-refractivity contribution in [1.29, 1.82) is 5.26 Å². The molecule has 1 aliphatic heterocycles. The highest BCUT2D eigenvalue weighted by molar-refractivity contribution is 5.84. The van der Waals surface area contributed by atoms with Gasteiger partial charge in [0.2, 0.25) is 5.91 Å². The maximum absolute atomic E-state index is 13.0. The number of amides is 1. The highest BCUT2D eigenvalue weighted by Crippen LogP contribution is 2.36. The van der Waals surface area contributed by atoms with Crippen LogP contribution in [0.15, 0.2) is 24.3 Å². The van der Waals surface area contributed by atoms with Crippen molar-refractivity contribution in [3.05, 3.63) is 35.4 Å². The molecule has 0 saturated carbocycles. The summed E-state index contributed by atoms with van der Waals surface area (Å²) in [5.41, 5.74) is -0.961. The second kappa shape index (κ2) is 5.51. The van der Waals surface area contributed by atoms with Gasteiger partial charge in [0, 0.05) is 13.1 Å². The second-order valence-electron chi connectivity index (χ2n) is 4.41. The minimum atomic E-state index is -4.54. The molecule has 1 N–H and O–H groups in total. The number of hydrogen-bond donors (Lipinski definition) is 1. The molecule has 1 aliphatic rings. The average Bonchev–Trinajstić information content (AvgIpc) is 2.38. The van der Waals surface area contributed by atoms with Crippen LogP contribution >= 0.6 is 0 Å². The van der Waals surface area contributed by atoms with Gasteiger partial charge >= 0.3 is 6.18 Å². The van der Waals surface area contributed by atoms with Crippen LogP contribution in [0.3, 0.4) is 0 Å². The topological polar surface area (TPSA) is 56.1 Å². The molecule has 20 heavy (non-hydrogen) atoms. The van der Waals surface area contributed by atoms with Gasteiger partial charge in [-0.05, 0) is 11.6 Å². The van der Waals surface area contributed by atoms with E-state index in [4.69, 9.17) is 5.26 Å². The molecule has 1 amide bonds. The first kappa shape index (κ1) is 14.3. The molecule has 106 valence electrons. The van der Waals surface area contributed by atoms with E-state index in [9.17, 15) is 18.0 Å². The summed E-state index contributed by atoms with van der Waals surface area (Å²) in [4.78, 5) is 13.4. The van der Waals surface area contributed by atoms with E-state index in [0.29, 0.717) is 13.1 Å². The van der Waals surface area contributed by atoms with Crippen LogP contribution in [-0.2, 0) is 11.0 Å². The maximum Gasteiger partial charge on any atom is 0.416 e. The summed E-state index contributed by atoms with van der Waals surface area (Å²) in [7, 11) is 0. The standard InChI is InChI=1S/C13H12F3N3O/c14-13(15,16)10-4-2-1-3-9(10)11-12(20)18-6-8-19(11)7-5-17/h1-4,11H,6-8H2,(H,18,20). The average molecular weight is 283 g/mol. The number of nitrogens with zero attached hydrogens (tertiary/aromatic N) is 2. The van der Waals surface area contributed by atoms with Gasteiger partial charge in [-0.3, -0.25) is 9.69 Å². The number of benzene rings is 1. The Morgan fingerprint density at radius 1 is 1.40 bits per heavy atom. The Hall–Kier alpha value is -2.07. The molecule has 4 nitrogen and oxygen atoms in total. The number of rotatable bonds is 2. The Morgan fingerprint density at radius 2 is 2.10 bits per heavy atom. The van der Waals surface area contributed by atoms with Crippen molar-refractivity contribution in [1.82, 2.24) is 10.2 Å². The number of nitriles is 1. The van der Waals surface area contributed by atoms with Crippen LogP contribution < -0.4 is 5.32 Å². The predicted molar refractivity (Wildman–Crippen MR) is 64.4 cm³/mol. The molecule has 0 spiro atoms. The van der Waals surface area contributed by atoms with Gasteiger partial charge in [0.05, 0.1) is 18.2 Å². The zero-order valence-electron chi connectivity index (χ0n) is 10.4. The van der Waals surface area contributed by atoms with Crippen LogP contribution in [0, 0.1) is 11.3 Å². The lowest BCUT2D eigenvalue weighted by atomic mass is 9.96. The fourth-order valence-corrected chi connectivity index (χ4v) is 2.31. The summed E-state index contributed by atoms with van der Waals surface area (Å²) in [5, 5.41) is 11.3. The lowest BCUT2D eigenvalue weighted by Gasteiger charge is -2.34. The molecular weight excluding hydrogens is 271 g/mol. The van der Waals surface area contributed by atoms with Gasteiger partial charge in [-0.2, -0.15) is 18.4 Å². The van der Waals surface area contributed by atoms with Crippen molar-refractivity contribution >= 4 is 5.91 Å². The van der Waals surface area contributed by atoms with Crippen molar-refractivity contribution in [3.63, 3.8) is 0 Å². The largest absolute Gasteiger partial charge is 0.416 e.